The monoisotopic (exact) mass is 834 g/mol. The molecule has 59 heavy (non-hydrogen) atoms. The van der Waals surface area contributed by atoms with Crippen LogP contribution in [0.25, 0.3) is 22.4 Å². The fraction of sp³-hybridized carbons (Fsp3) is 0.140. The number of hydrogen-bond donors (Lipinski definition) is 5. The van der Waals surface area contributed by atoms with E-state index in [2.05, 4.69) is 20.1 Å². The Bertz CT molecular complexity index is 2430. The third kappa shape index (κ3) is 12.4. The average Bonchev–Trinajstić information content (AvgIpc) is 3.24. The normalized spacial score (nSPS) is 11.9. The van der Waals surface area contributed by atoms with Crippen LogP contribution in [0.4, 0.5) is 5.82 Å². The largest absolute Gasteiger partial charge is 0.744 e. The molecule has 0 saturated heterocycles. The van der Waals surface area contributed by atoms with Gasteiger partial charge in [0.1, 0.15) is 10.1 Å². The summed E-state index contributed by atoms with van der Waals surface area (Å²) in [6.45, 7) is 0.540. The Morgan fingerprint density at radius 1 is 0.797 bits per heavy atom. The van der Waals surface area contributed by atoms with Crippen molar-refractivity contribution in [1.29, 1.82) is 0 Å². The summed E-state index contributed by atoms with van der Waals surface area (Å²) in [5.74, 6) is 0.0122. The van der Waals surface area contributed by atoms with Crippen molar-refractivity contribution in [3.63, 3.8) is 0 Å². The summed E-state index contributed by atoms with van der Waals surface area (Å²) in [4.78, 5) is 34.0. The first kappa shape index (κ1) is 42.3. The number of ether oxygens (including phenoxy) is 1. The van der Waals surface area contributed by atoms with Gasteiger partial charge in [-0.15, -0.1) is 0 Å². The molecule has 2 heterocycles. The van der Waals surface area contributed by atoms with E-state index in [-0.39, 0.29) is 33.9 Å². The van der Waals surface area contributed by atoms with Crippen molar-refractivity contribution < 1.29 is 41.8 Å². The highest BCUT2D eigenvalue weighted by atomic mass is 32.3. The van der Waals surface area contributed by atoms with Crippen molar-refractivity contribution in [2.75, 3.05) is 6.61 Å². The fourth-order valence-corrected chi connectivity index (χ4v) is 7.56. The molecular formula is C43H42N6O8S2. The van der Waals surface area contributed by atoms with Crippen LogP contribution in [0.3, 0.4) is 0 Å². The van der Waals surface area contributed by atoms with E-state index < -0.39 is 32.7 Å². The highest BCUT2D eigenvalue weighted by Gasteiger charge is 2.19. The molecule has 0 saturated carbocycles. The van der Waals surface area contributed by atoms with Crippen molar-refractivity contribution >= 4 is 44.7 Å². The molecule has 2 aromatic heterocycles. The molecule has 0 aliphatic carbocycles. The van der Waals surface area contributed by atoms with Crippen LogP contribution in [0.15, 0.2) is 155 Å². The lowest BCUT2D eigenvalue weighted by atomic mass is 10.0. The maximum Gasteiger partial charge on any atom is 0.253 e. The van der Waals surface area contributed by atoms with E-state index in [1.807, 2.05) is 72.8 Å². The first-order chi connectivity index (χ1) is 28.4. The number of nitrogens with two attached hydrogens (primary N) is 1. The van der Waals surface area contributed by atoms with Gasteiger partial charge in [-0.2, -0.15) is 5.43 Å². The van der Waals surface area contributed by atoms with Crippen LogP contribution in [0, 0.1) is 0 Å². The summed E-state index contributed by atoms with van der Waals surface area (Å²) in [6, 6.07) is 38.9. The van der Waals surface area contributed by atoms with Crippen LogP contribution in [-0.2, 0) is 21.5 Å². The molecule has 14 nitrogen and oxygen atoms in total. The molecule has 0 unspecified atom stereocenters. The van der Waals surface area contributed by atoms with Gasteiger partial charge in [0.15, 0.2) is 0 Å². The number of benzene rings is 4. The first-order valence-corrected chi connectivity index (χ1v) is 21.5. The van der Waals surface area contributed by atoms with E-state index in [4.69, 9.17) is 9.72 Å². The van der Waals surface area contributed by atoms with Crippen LogP contribution in [-0.4, -0.2) is 56.7 Å². The Kier molecular flexibility index (Phi) is 14.3. The van der Waals surface area contributed by atoms with Crippen LogP contribution < -0.4 is 20.2 Å². The second-order valence-corrected chi connectivity index (χ2v) is 16.4. The zero-order valence-electron chi connectivity index (χ0n) is 31.7. The molecule has 0 atom stereocenters. The van der Waals surface area contributed by atoms with Gasteiger partial charge in [-0.1, -0.05) is 107 Å². The smallest absolute Gasteiger partial charge is 0.253 e. The second-order valence-electron chi connectivity index (χ2n) is 13.2. The first-order valence-electron chi connectivity index (χ1n) is 18.5. The van der Waals surface area contributed by atoms with Gasteiger partial charge in [0.2, 0.25) is 11.8 Å². The van der Waals surface area contributed by atoms with Crippen molar-refractivity contribution in [2.45, 2.75) is 42.0 Å². The molecule has 16 heteroatoms. The fourth-order valence-electron chi connectivity index (χ4n) is 5.85. The topological polar surface area (TPSA) is 220 Å². The molecule has 0 radical (unpaired) electrons. The van der Waals surface area contributed by atoms with Gasteiger partial charge in [0.25, 0.3) is 11.7 Å². The van der Waals surface area contributed by atoms with Gasteiger partial charge >= 0.3 is 0 Å². The van der Waals surface area contributed by atoms with Gasteiger partial charge in [0.05, 0.1) is 33.9 Å². The lowest BCUT2D eigenvalue weighted by Crippen LogP contribution is -2.71. The van der Waals surface area contributed by atoms with Crippen LogP contribution >= 0.6 is 10.8 Å². The number of amides is 2. The van der Waals surface area contributed by atoms with Crippen LogP contribution in [0.5, 0.6) is 5.88 Å². The number of quaternary nitrogens is 1. The van der Waals surface area contributed by atoms with E-state index in [9.17, 15) is 31.7 Å². The predicted octanol–water partition coefficient (Wildman–Crippen LogP) is 6.65. The van der Waals surface area contributed by atoms with Gasteiger partial charge in [-0.25, -0.2) is 23.1 Å². The summed E-state index contributed by atoms with van der Waals surface area (Å²) in [6.07, 6.45) is 4.57. The Morgan fingerprint density at radius 3 is 2.19 bits per heavy atom. The standard InChI is InChI=1S/C43H42N6O8S2/c50-41(18-8-3-11-25-57-42-27-36(32-12-4-1-5-13-32)26-38(47-42)33-14-6-2-7-15-33)49-58(52,53)37-22-19-31(20-23-37)28-45-43(51)35-21-24-40(44-29-35)48-46-30-34-16-9-10-17-39(34)59(54,55)56/h1-2,4-7,9-10,12-17,19-24,26-27,29-30,52-53H,3,8,11,18,25,28H2,(H,44,48)(H,45,51)(H,49,50)(H,54,55,56)/b46-30+. The number of pyridine rings is 2. The molecule has 6 rings (SSSR count). The van der Waals surface area contributed by atoms with E-state index in [1.54, 1.807) is 30.3 Å². The molecule has 0 spiro atoms. The molecular weight excluding hydrogens is 793 g/mol. The Hall–Kier alpha value is -6.27. The SMILES string of the molecule is O=C(CCCCCOc1cc(-c2ccccc2)cc(-c2ccccc2)n1)NS(O)(O)c1ccc(CNC(=O)c2ccc([NH2+]/N=C/c3ccccc3S(=O)(=O)[O-])nc2)cc1. The lowest BCUT2D eigenvalue weighted by Gasteiger charge is -2.32. The van der Waals surface area contributed by atoms with E-state index in [1.165, 1.54) is 48.2 Å². The number of carbonyl (C=O) groups is 2. The maximum atomic E-state index is 12.7. The summed E-state index contributed by atoms with van der Waals surface area (Å²) < 4.78 is 64.2. The van der Waals surface area contributed by atoms with Crippen molar-refractivity contribution in [1.82, 2.24) is 20.0 Å². The summed E-state index contributed by atoms with van der Waals surface area (Å²) in [5, 5.41) is 6.82. The molecule has 0 aliphatic heterocycles. The minimum absolute atomic E-state index is 0.102. The number of nitrogens with zero attached hydrogens (tertiary/aromatic N) is 3. The predicted molar refractivity (Wildman–Crippen MR) is 224 cm³/mol. The highest BCUT2D eigenvalue weighted by molar-refractivity contribution is 8.23. The van der Waals surface area contributed by atoms with Gasteiger partial charge < -0.3 is 14.6 Å². The molecule has 6 aromatic rings. The van der Waals surface area contributed by atoms with Crippen LogP contribution in [0.2, 0.25) is 0 Å². The zero-order valence-corrected chi connectivity index (χ0v) is 33.3. The van der Waals surface area contributed by atoms with Gasteiger partial charge in [-0.3, -0.25) is 18.7 Å². The number of unbranched alkanes of at least 4 members (excludes halogenated alkanes) is 2. The van der Waals surface area contributed by atoms with Crippen molar-refractivity contribution in [2.24, 2.45) is 5.10 Å². The highest BCUT2D eigenvalue weighted by Crippen LogP contribution is 2.44. The number of rotatable bonds is 18. The Labute approximate surface area is 343 Å². The Balaban J connectivity index is 0.912. The molecule has 4 aromatic carbocycles. The van der Waals surface area contributed by atoms with Crippen molar-refractivity contribution in [3.8, 4) is 28.3 Å². The molecule has 304 valence electrons. The van der Waals surface area contributed by atoms with Gasteiger partial charge in [-0.05, 0) is 66.3 Å². The van der Waals surface area contributed by atoms with E-state index in [0.29, 0.717) is 43.1 Å². The third-order valence-corrected chi connectivity index (χ3v) is 11.2. The lowest BCUT2D eigenvalue weighted by molar-refractivity contribution is -0.580. The molecule has 0 aliphatic rings. The van der Waals surface area contributed by atoms with E-state index >= 15 is 0 Å². The Morgan fingerprint density at radius 2 is 1.49 bits per heavy atom. The molecule has 6 N–H and O–H groups in total. The zero-order chi connectivity index (χ0) is 41.7. The molecule has 0 bridgehead atoms. The summed E-state index contributed by atoms with van der Waals surface area (Å²) in [5.41, 5.74) is 6.29. The van der Waals surface area contributed by atoms with Crippen molar-refractivity contribution in [3.05, 3.63) is 156 Å². The summed E-state index contributed by atoms with van der Waals surface area (Å²) in [7, 11) is -8.27. The number of carbonyl (C=O) groups excluding carboxylic acids is 2. The summed E-state index contributed by atoms with van der Waals surface area (Å²) >= 11 is 0. The molecule has 2 amide bonds. The minimum atomic E-state index is -4.66. The number of aromatic nitrogens is 2. The third-order valence-electron chi connectivity index (χ3n) is 8.90. The minimum Gasteiger partial charge on any atom is -0.744 e. The molecule has 0 fully saturated rings. The van der Waals surface area contributed by atoms with Crippen LogP contribution in [0.1, 0.15) is 47.2 Å². The maximum absolute atomic E-state index is 12.7. The van der Waals surface area contributed by atoms with E-state index in [0.717, 1.165) is 22.4 Å². The quantitative estimate of drug-likeness (QED) is 0.0204. The average molecular weight is 835 g/mol. The van der Waals surface area contributed by atoms with Gasteiger partial charge in [0, 0.05) is 42.4 Å². The number of hydrogen-bond acceptors (Lipinski definition) is 11. The second kappa shape index (κ2) is 19.9. The number of nitrogens with one attached hydrogen (secondary N) is 2.